The second kappa shape index (κ2) is 11.2. The summed E-state index contributed by atoms with van der Waals surface area (Å²) in [6.45, 7) is 2.46. The van der Waals surface area contributed by atoms with E-state index in [-0.39, 0.29) is 11.3 Å². The SMILES string of the molecule is CC12C=C3C=CC=CC3C3C1=C(C=CC2)c1c3cccc1N(C1=CCC2C(=C1)Oc1ccccc12)c1ccc2c3c(n(-c4ccccc4)c2c1)C=CCC3. The highest BCUT2D eigenvalue weighted by molar-refractivity contribution is 5.98. The van der Waals surface area contributed by atoms with Crippen LogP contribution in [0.15, 0.2) is 174 Å². The molecule has 260 valence electrons. The Morgan fingerprint density at radius 3 is 2.69 bits per heavy atom. The molecule has 0 N–H and O–H groups in total. The molecule has 4 aromatic carbocycles. The molecule has 0 spiro atoms. The maximum Gasteiger partial charge on any atom is 0.130 e. The number of allylic oxidation sites excluding steroid dienone is 14. The van der Waals surface area contributed by atoms with Crippen LogP contribution in [0.3, 0.4) is 0 Å². The molecule has 0 amide bonds. The van der Waals surface area contributed by atoms with Crippen LogP contribution in [0.25, 0.3) is 28.2 Å². The van der Waals surface area contributed by atoms with Crippen LogP contribution in [0.1, 0.15) is 66.0 Å². The number of hydrogen-bond donors (Lipinski definition) is 0. The molecular formula is C51H40N2O. The third-order valence-electron chi connectivity index (χ3n) is 13.1. The number of para-hydroxylation sites is 2. The summed E-state index contributed by atoms with van der Waals surface area (Å²) in [5, 5.41) is 1.34. The summed E-state index contributed by atoms with van der Waals surface area (Å²) in [7, 11) is 0. The summed E-state index contributed by atoms with van der Waals surface area (Å²) in [5.41, 5.74) is 17.2. The van der Waals surface area contributed by atoms with E-state index in [4.69, 9.17) is 4.74 Å². The van der Waals surface area contributed by atoms with Crippen LogP contribution in [0.2, 0.25) is 0 Å². The summed E-state index contributed by atoms with van der Waals surface area (Å²) >= 11 is 0. The highest BCUT2D eigenvalue weighted by Gasteiger charge is 2.49. The van der Waals surface area contributed by atoms with Gasteiger partial charge < -0.3 is 14.2 Å². The number of aryl methyl sites for hydroxylation is 1. The van der Waals surface area contributed by atoms with E-state index in [0.717, 1.165) is 48.6 Å². The van der Waals surface area contributed by atoms with E-state index in [1.807, 2.05) is 0 Å². The van der Waals surface area contributed by atoms with E-state index in [1.165, 1.54) is 61.4 Å². The van der Waals surface area contributed by atoms with Gasteiger partial charge in [0.2, 0.25) is 0 Å². The van der Waals surface area contributed by atoms with Crippen molar-refractivity contribution in [1.82, 2.24) is 4.57 Å². The van der Waals surface area contributed by atoms with E-state index in [1.54, 1.807) is 5.57 Å². The zero-order valence-electron chi connectivity index (χ0n) is 30.4. The molecule has 1 aromatic heterocycles. The minimum Gasteiger partial charge on any atom is -0.461 e. The van der Waals surface area contributed by atoms with Gasteiger partial charge in [0, 0.05) is 68.5 Å². The molecule has 4 unspecified atom stereocenters. The van der Waals surface area contributed by atoms with Crippen LogP contribution >= 0.6 is 0 Å². The van der Waals surface area contributed by atoms with E-state index >= 15 is 0 Å². The van der Waals surface area contributed by atoms with Gasteiger partial charge in [-0.2, -0.15) is 0 Å². The van der Waals surface area contributed by atoms with Gasteiger partial charge >= 0.3 is 0 Å². The van der Waals surface area contributed by atoms with Crippen molar-refractivity contribution in [3.63, 3.8) is 0 Å². The molecule has 3 nitrogen and oxygen atoms in total. The fourth-order valence-electron chi connectivity index (χ4n) is 10.8. The van der Waals surface area contributed by atoms with Crippen LogP contribution in [-0.4, -0.2) is 4.57 Å². The largest absolute Gasteiger partial charge is 0.461 e. The summed E-state index contributed by atoms with van der Waals surface area (Å²) in [4.78, 5) is 2.54. The lowest BCUT2D eigenvalue weighted by molar-refractivity contribution is 0.424. The molecule has 4 atom stereocenters. The average molecular weight is 697 g/mol. The molecule has 0 fully saturated rings. The number of benzene rings is 4. The number of fused-ring (bicyclic) bond motifs is 11. The number of aromatic nitrogens is 1. The van der Waals surface area contributed by atoms with Crippen molar-refractivity contribution in [1.29, 1.82) is 0 Å². The number of hydrogen-bond acceptors (Lipinski definition) is 2. The first-order valence-corrected chi connectivity index (χ1v) is 19.6. The number of ether oxygens (including phenoxy) is 1. The fraction of sp³-hybridized carbons (Fsp3) is 0.176. The molecule has 0 radical (unpaired) electrons. The van der Waals surface area contributed by atoms with Gasteiger partial charge in [0.15, 0.2) is 0 Å². The summed E-state index contributed by atoms with van der Waals surface area (Å²) in [6.07, 6.45) is 30.1. The molecule has 54 heavy (non-hydrogen) atoms. The predicted octanol–water partition coefficient (Wildman–Crippen LogP) is 12.6. The Morgan fingerprint density at radius 2 is 1.74 bits per heavy atom. The second-order valence-electron chi connectivity index (χ2n) is 16.1. The number of anilines is 2. The zero-order chi connectivity index (χ0) is 35.5. The molecule has 0 saturated heterocycles. The summed E-state index contributed by atoms with van der Waals surface area (Å²) in [5.74, 6) is 2.93. The third kappa shape index (κ3) is 4.18. The fourth-order valence-corrected chi connectivity index (χ4v) is 10.8. The highest BCUT2D eigenvalue weighted by Crippen LogP contribution is 2.63. The van der Waals surface area contributed by atoms with Gasteiger partial charge in [-0.15, -0.1) is 0 Å². The first-order valence-electron chi connectivity index (χ1n) is 19.6. The van der Waals surface area contributed by atoms with Crippen LogP contribution in [-0.2, 0) is 6.42 Å². The quantitative estimate of drug-likeness (QED) is 0.186. The molecule has 12 rings (SSSR count). The Kier molecular flexibility index (Phi) is 6.32. The van der Waals surface area contributed by atoms with Crippen LogP contribution in [0.4, 0.5) is 11.4 Å². The Morgan fingerprint density at radius 1 is 0.852 bits per heavy atom. The Balaban J connectivity index is 1.10. The van der Waals surface area contributed by atoms with Crippen molar-refractivity contribution in [3.05, 3.63) is 202 Å². The molecule has 5 aromatic rings. The van der Waals surface area contributed by atoms with Crippen LogP contribution in [0, 0.1) is 11.3 Å². The minimum absolute atomic E-state index is 0.0119. The zero-order valence-corrected chi connectivity index (χ0v) is 30.4. The van der Waals surface area contributed by atoms with Gasteiger partial charge in [-0.05, 0) is 96.0 Å². The average Bonchev–Trinajstić information content (AvgIpc) is 3.87. The maximum absolute atomic E-state index is 6.61. The molecule has 6 aliphatic carbocycles. The maximum atomic E-state index is 6.61. The van der Waals surface area contributed by atoms with Crippen LogP contribution < -0.4 is 9.64 Å². The van der Waals surface area contributed by atoms with E-state index < -0.39 is 0 Å². The van der Waals surface area contributed by atoms with E-state index in [2.05, 4.69) is 174 Å². The molecule has 3 heteroatoms. The molecular weight excluding hydrogens is 657 g/mol. The van der Waals surface area contributed by atoms with Crippen molar-refractivity contribution in [2.75, 3.05) is 4.90 Å². The topological polar surface area (TPSA) is 17.4 Å². The molecule has 2 heterocycles. The lowest BCUT2D eigenvalue weighted by Crippen LogP contribution is -2.31. The normalized spacial score (nSPS) is 24.8. The molecule has 0 saturated carbocycles. The Labute approximate surface area is 316 Å². The van der Waals surface area contributed by atoms with Gasteiger partial charge in [0.05, 0.1) is 11.2 Å². The minimum atomic E-state index is -0.0119. The highest BCUT2D eigenvalue weighted by atomic mass is 16.5. The number of nitrogens with zero attached hydrogens (tertiary/aromatic N) is 2. The Bertz CT molecular complexity index is 2720. The van der Waals surface area contributed by atoms with E-state index in [0.29, 0.717) is 11.8 Å². The van der Waals surface area contributed by atoms with Crippen molar-refractivity contribution < 1.29 is 4.74 Å². The van der Waals surface area contributed by atoms with Crippen molar-refractivity contribution in [3.8, 4) is 11.4 Å². The smallest absolute Gasteiger partial charge is 0.130 e. The van der Waals surface area contributed by atoms with Gasteiger partial charge in [-0.3, -0.25) is 0 Å². The molecule has 0 bridgehead atoms. The molecule has 7 aliphatic rings. The first-order chi connectivity index (χ1) is 26.6. The predicted molar refractivity (Wildman–Crippen MR) is 221 cm³/mol. The summed E-state index contributed by atoms with van der Waals surface area (Å²) in [6, 6.07) is 33.7. The standard InChI is InChI=1S/C51H40N2O/c1-51-28-12-20-42-48-41(49(50(42)51)36-16-6-5-13-32(36)31-51)19-11-22-44(48)52(35-25-27-40-39-18-8-10-23-46(39)54-47(40)30-35)34-24-26-38-37-17-7-9-21-43(37)53(45(38)29-34)33-14-3-2-4-15-33/h2-6,8-16,18-26,29-31,36,40,49H,7,17,27-28H2,1H3. The van der Waals surface area contributed by atoms with Crippen molar-refractivity contribution in [2.45, 2.75) is 44.4 Å². The number of rotatable bonds is 4. The van der Waals surface area contributed by atoms with Gasteiger partial charge in [0.25, 0.3) is 0 Å². The monoisotopic (exact) mass is 696 g/mol. The first kappa shape index (κ1) is 30.4. The van der Waals surface area contributed by atoms with Crippen molar-refractivity contribution in [2.24, 2.45) is 11.3 Å². The lowest BCUT2D eigenvalue weighted by atomic mass is 9.60. The van der Waals surface area contributed by atoms with Crippen LogP contribution in [0.5, 0.6) is 5.75 Å². The van der Waals surface area contributed by atoms with Gasteiger partial charge in [-0.1, -0.05) is 116 Å². The van der Waals surface area contributed by atoms with E-state index in [9.17, 15) is 0 Å². The summed E-state index contributed by atoms with van der Waals surface area (Å²) < 4.78 is 9.09. The Hall–Kier alpha value is -6.06. The van der Waals surface area contributed by atoms with Crippen molar-refractivity contribution >= 4 is 33.9 Å². The molecule has 1 aliphatic heterocycles. The lowest BCUT2D eigenvalue weighted by Gasteiger charge is -2.43. The third-order valence-corrected chi connectivity index (χ3v) is 13.1. The second-order valence-corrected chi connectivity index (χ2v) is 16.1. The van der Waals surface area contributed by atoms with Gasteiger partial charge in [0.1, 0.15) is 11.5 Å². The van der Waals surface area contributed by atoms with Gasteiger partial charge in [-0.25, -0.2) is 0 Å².